The van der Waals surface area contributed by atoms with Crippen LogP contribution in [0.1, 0.15) is 25.3 Å². The number of methoxy groups -OCH3 is 2. The number of aliphatic hydroxyl groups is 1. The molecule has 0 spiro atoms. The maximum Gasteiger partial charge on any atom is 0.261 e. The monoisotopic (exact) mass is 457 g/mol. The van der Waals surface area contributed by atoms with Gasteiger partial charge in [0.05, 0.1) is 37.1 Å². The van der Waals surface area contributed by atoms with E-state index in [-0.39, 0.29) is 29.6 Å². The summed E-state index contributed by atoms with van der Waals surface area (Å²) >= 11 is 0. The number of aromatic nitrogens is 2. The van der Waals surface area contributed by atoms with Crippen molar-refractivity contribution in [2.45, 2.75) is 25.3 Å². The minimum Gasteiger partial charge on any atom is -0.497 e. The molecule has 9 heteroatoms. The lowest BCUT2D eigenvalue weighted by molar-refractivity contribution is 0.0685. The van der Waals surface area contributed by atoms with Crippen molar-refractivity contribution in [2.75, 3.05) is 45.5 Å². The first-order chi connectivity index (χ1) is 16.1. The predicted octanol–water partition coefficient (Wildman–Crippen LogP) is 3.42. The number of fused-ring (bicyclic) bond motifs is 1. The molecule has 1 aliphatic heterocycles. The molecule has 33 heavy (non-hydrogen) atoms. The highest BCUT2D eigenvalue weighted by Crippen LogP contribution is 2.37. The normalized spacial score (nSPS) is 14.4. The van der Waals surface area contributed by atoms with Gasteiger partial charge in [0.25, 0.3) is 5.56 Å². The van der Waals surface area contributed by atoms with Gasteiger partial charge < -0.3 is 24.2 Å². The average Bonchev–Trinajstić information content (AvgIpc) is 2.86. The number of hydrogen-bond acceptors (Lipinski definition) is 7. The Morgan fingerprint density at radius 1 is 1.21 bits per heavy atom. The van der Waals surface area contributed by atoms with Gasteiger partial charge >= 0.3 is 0 Å². The van der Waals surface area contributed by atoms with Crippen molar-refractivity contribution in [1.29, 1.82) is 0 Å². The Morgan fingerprint density at radius 2 is 2.00 bits per heavy atom. The summed E-state index contributed by atoms with van der Waals surface area (Å²) < 4.78 is 32.9. The number of benzene rings is 2. The van der Waals surface area contributed by atoms with E-state index < -0.39 is 5.82 Å². The van der Waals surface area contributed by atoms with E-state index in [0.717, 1.165) is 12.8 Å². The van der Waals surface area contributed by atoms with Crippen molar-refractivity contribution in [2.24, 2.45) is 0 Å². The molecule has 0 aliphatic carbocycles. The third kappa shape index (κ3) is 4.65. The molecule has 8 nitrogen and oxygen atoms in total. The predicted molar refractivity (Wildman–Crippen MR) is 123 cm³/mol. The van der Waals surface area contributed by atoms with Gasteiger partial charge in [-0.3, -0.25) is 9.36 Å². The maximum atomic E-state index is 15.3. The van der Waals surface area contributed by atoms with E-state index in [0.29, 0.717) is 48.5 Å². The minimum atomic E-state index is -0.554. The average molecular weight is 458 g/mol. The molecule has 1 fully saturated rings. The Hall–Kier alpha value is -3.17. The molecule has 176 valence electrons. The first-order valence-corrected chi connectivity index (χ1v) is 11.0. The van der Waals surface area contributed by atoms with Crippen LogP contribution in [-0.4, -0.2) is 55.2 Å². The van der Waals surface area contributed by atoms with Crippen LogP contribution in [0.5, 0.6) is 11.5 Å². The zero-order valence-electron chi connectivity index (χ0n) is 18.8. The van der Waals surface area contributed by atoms with Crippen LogP contribution in [0.3, 0.4) is 0 Å². The topological polar surface area (TPSA) is 86.1 Å². The molecule has 2 aromatic carbocycles. The Labute approximate surface area is 191 Å². The molecule has 3 aromatic rings. The lowest BCUT2D eigenvalue weighted by Crippen LogP contribution is -2.29. The highest BCUT2D eigenvalue weighted by atomic mass is 19.1. The SMILES string of the molecule is COc1cc(OC)c(F)c(N(CCCO)c2ccc3ncn(C4CCOCC4)c(=O)c3c2)c1. The fourth-order valence-electron chi connectivity index (χ4n) is 4.15. The Balaban J connectivity index is 1.83. The quantitative estimate of drug-likeness (QED) is 0.555. The zero-order valence-corrected chi connectivity index (χ0v) is 18.8. The molecule has 0 amide bonds. The van der Waals surface area contributed by atoms with Gasteiger partial charge in [0, 0.05) is 50.2 Å². The second-order valence-electron chi connectivity index (χ2n) is 7.89. The molecule has 1 aliphatic rings. The van der Waals surface area contributed by atoms with Crippen LogP contribution in [0, 0.1) is 5.82 Å². The summed E-state index contributed by atoms with van der Waals surface area (Å²) in [5, 5.41) is 9.88. The lowest BCUT2D eigenvalue weighted by atomic mass is 10.1. The van der Waals surface area contributed by atoms with Gasteiger partial charge in [0.15, 0.2) is 11.6 Å². The smallest absolute Gasteiger partial charge is 0.261 e. The Morgan fingerprint density at radius 3 is 2.70 bits per heavy atom. The van der Waals surface area contributed by atoms with Crippen LogP contribution in [0.2, 0.25) is 0 Å². The standard InChI is InChI=1S/C24H28FN3O5/c1-31-18-13-21(23(25)22(14-18)32-2)27(8-3-9-29)17-4-5-20-19(12-17)24(30)28(15-26-20)16-6-10-33-11-7-16/h4-5,12-16,29H,3,6-11H2,1-2H3. The summed E-state index contributed by atoms with van der Waals surface area (Å²) in [6.45, 7) is 1.48. The largest absolute Gasteiger partial charge is 0.497 e. The third-order valence-electron chi connectivity index (χ3n) is 5.94. The van der Waals surface area contributed by atoms with Crippen molar-refractivity contribution < 1.29 is 23.7 Å². The van der Waals surface area contributed by atoms with Crippen LogP contribution in [-0.2, 0) is 4.74 Å². The molecule has 2 heterocycles. The summed E-state index contributed by atoms with van der Waals surface area (Å²) in [5.41, 5.74) is 1.26. The van der Waals surface area contributed by atoms with E-state index in [2.05, 4.69) is 4.98 Å². The minimum absolute atomic E-state index is 0.0392. The zero-order chi connectivity index (χ0) is 23.4. The number of anilines is 2. The van der Waals surface area contributed by atoms with Gasteiger partial charge in [-0.1, -0.05) is 0 Å². The van der Waals surface area contributed by atoms with Crippen LogP contribution in [0.4, 0.5) is 15.8 Å². The van der Waals surface area contributed by atoms with E-state index in [4.69, 9.17) is 14.2 Å². The highest BCUT2D eigenvalue weighted by molar-refractivity contribution is 5.83. The van der Waals surface area contributed by atoms with Crippen molar-refractivity contribution in [3.8, 4) is 11.5 Å². The second kappa shape index (κ2) is 10.2. The highest BCUT2D eigenvalue weighted by Gasteiger charge is 2.22. The van der Waals surface area contributed by atoms with E-state index in [1.807, 2.05) is 0 Å². The molecule has 0 atom stereocenters. The summed E-state index contributed by atoms with van der Waals surface area (Å²) in [7, 11) is 2.88. The molecule has 4 rings (SSSR count). The number of ether oxygens (including phenoxy) is 3. The molecular formula is C24H28FN3O5. The van der Waals surface area contributed by atoms with Crippen LogP contribution in [0.15, 0.2) is 41.5 Å². The first-order valence-electron chi connectivity index (χ1n) is 11.0. The van der Waals surface area contributed by atoms with Crippen molar-refractivity contribution >= 4 is 22.3 Å². The van der Waals surface area contributed by atoms with E-state index in [9.17, 15) is 9.90 Å². The molecule has 0 radical (unpaired) electrons. The fourth-order valence-corrected chi connectivity index (χ4v) is 4.15. The van der Waals surface area contributed by atoms with Gasteiger partial charge in [0.1, 0.15) is 5.75 Å². The molecule has 0 bridgehead atoms. The lowest BCUT2D eigenvalue weighted by Gasteiger charge is -2.27. The summed E-state index contributed by atoms with van der Waals surface area (Å²) in [4.78, 5) is 19.5. The number of hydrogen-bond donors (Lipinski definition) is 1. The summed E-state index contributed by atoms with van der Waals surface area (Å²) in [6.07, 6.45) is 3.50. The molecule has 1 N–H and O–H groups in total. The number of nitrogens with zero attached hydrogens (tertiary/aromatic N) is 3. The van der Waals surface area contributed by atoms with Crippen molar-refractivity contribution in [3.63, 3.8) is 0 Å². The number of aliphatic hydroxyl groups excluding tert-OH is 1. The molecule has 0 saturated carbocycles. The van der Waals surface area contributed by atoms with Gasteiger partial charge in [-0.15, -0.1) is 0 Å². The van der Waals surface area contributed by atoms with E-state index in [1.54, 1.807) is 40.1 Å². The summed E-state index contributed by atoms with van der Waals surface area (Å²) in [5.74, 6) is -0.0774. The third-order valence-corrected chi connectivity index (χ3v) is 5.94. The Kier molecular flexibility index (Phi) is 7.10. The van der Waals surface area contributed by atoms with Crippen LogP contribution < -0.4 is 19.9 Å². The molecule has 1 aromatic heterocycles. The van der Waals surface area contributed by atoms with Crippen LogP contribution in [0.25, 0.3) is 10.9 Å². The van der Waals surface area contributed by atoms with Crippen LogP contribution >= 0.6 is 0 Å². The molecular weight excluding hydrogens is 429 g/mol. The summed E-state index contributed by atoms with van der Waals surface area (Å²) in [6, 6.07) is 8.35. The van der Waals surface area contributed by atoms with E-state index in [1.165, 1.54) is 20.3 Å². The fraction of sp³-hybridized carbons (Fsp3) is 0.417. The first kappa shape index (κ1) is 23.0. The van der Waals surface area contributed by atoms with Gasteiger partial charge in [-0.2, -0.15) is 0 Å². The number of halogens is 1. The number of rotatable bonds is 8. The van der Waals surface area contributed by atoms with Gasteiger partial charge in [-0.25, -0.2) is 9.37 Å². The molecule has 0 unspecified atom stereocenters. The molecule has 1 saturated heterocycles. The maximum absolute atomic E-state index is 15.3. The second-order valence-corrected chi connectivity index (χ2v) is 7.89. The van der Waals surface area contributed by atoms with Crippen molar-refractivity contribution in [1.82, 2.24) is 9.55 Å². The van der Waals surface area contributed by atoms with Gasteiger partial charge in [-0.05, 0) is 37.5 Å². The van der Waals surface area contributed by atoms with E-state index >= 15 is 4.39 Å². The Bertz CT molecular complexity index is 1180. The van der Waals surface area contributed by atoms with Gasteiger partial charge in [0.2, 0.25) is 0 Å². The van der Waals surface area contributed by atoms with Crippen molar-refractivity contribution in [3.05, 3.63) is 52.8 Å².